The summed E-state index contributed by atoms with van der Waals surface area (Å²) in [5.74, 6) is -1.64. The van der Waals surface area contributed by atoms with E-state index in [1.165, 1.54) is 5.57 Å². The van der Waals surface area contributed by atoms with E-state index >= 15 is 0 Å². The van der Waals surface area contributed by atoms with Gasteiger partial charge in [-0.2, -0.15) is 0 Å². The fourth-order valence-corrected chi connectivity index (χ4v) is 7.88. The topological polar surface area (TPSA) is 74.6 Å². The van der Waals surface area contributed by atoms with Crippen molar-refractivity contribution in [2.45, 2.75) is 58.8 Å². The highest BCUT2D eigenvalue weighted by Gasteiger charge is 2.75. The van der Waals surface area contributed by atoms with Gasteiger partial charge in [-0.15, -0.1) is 0 Å². The zero-order valence-corrected chi connectivity index (χ0v) is 14.7. The molecule has 0 aromatic carbocycles. The summed E-state index contributed by atoms with van der Waals surface area (Å²) in [5, 5.41) is 20.2. The number of carboxylic acids is 2. The van der Waals surface area contributed by atoms with Gasteiger partial charge in [0, 0.05) is 0 Å². The summed E-state index contributed by atoms with van der Waals surface area (Å²) in [6.45, 7) is 8.26. The van der Waals surface area contributed by atoms with Crippen LogP contribution >= 0.6 is 0 Å². The maximum atomic E-state index is 12.4. The molecule has 0 radical (unpaired) electrons. The minimum atomic E-state index is -0.929. The van der Waals surface area contributed by atoms with Gasteiger partial charge in [-0.05, 0) is 74.0 Å². The van der Waals surface area contributed by atoms with E-state index in [0.29, 0.717) is 18.3 Å². The van der Waals surface area contributed by atoms with E-state index in [1.54, 1.807) is 0 Å². The number of rotatable bonds is 2. The fourth-order valence-electron chi connectivity index (χ4n) is 7.88. The number of carbonyl (C=O) groups is 2. The highest BCUT2D eigenvalue weighted by Crippen LogP contribution is 2.77. The van der Waals surface area contributed by atoms with E-state index < -0.39 is 23.3 Å². The quantitative estimate of drug-likeness (QED) is 0.751. The normalized spacial score (nSPS) is 52.7. The highest BCUT2D eigenvalue weighted by atomic mass is 16.4. The molecule has 4 aliphatic carbocycles. The second-order valence-corrected chi connectivity index (χ2v) is 9.47. The molecule has 24 heavy (non-hydrogen) atoms. The summed E-state index contributed by atoms with van der Waals surface area (Å²) in [5.41, 5.74) is -0.152. The van der Waals surface area contributed by atoms with Gasteiger partial charge < -0.3 is 10.2 Å². The van der Waals surface area contributed by atoms with Crippen molar-refractivity contribution in [1.82, 2.24) is 0 Å². The van der Waals surface area contributed by atoms with Crippen LogP contribution in [0.4, 0.5) is 0 Å². The first-order valence-corrected chi connectivity index (χ1v) is 9.31. The Bertz CT molecular complexity index is 640. The standard InChI is InChI=1S/C20H28O4/c1-11-9-20-10-12(11)5-6-13(20)18(2)7-4-8-19(3,17(23)24)15(18)14(20)16(21)22/h12-15H,1,4-10H2,2-3H3,(H,21,22)(H,23,24)/t12?,13-,14+,15-,18-,19+,20?/m0/s1. The summed E-state index contributed by atoms with van der Waals surface area (Å²) >= 11 is 0. The van der Waals surface area contributed by atoms with Crippen molar-refractivity contribution in [3.05, 3.63) is 12.2 Å². The van der Waals surface area contributed by atoms with Crippen LogP contribution in [0, 0.1) is 39.9 Å². The molecule has 1 spiro atoms. The van der Waals surface area contributed by atoms with E-state index in [4.69, 9.17) is 0 Å². The second kappa shape index (κ2) is 4.64. The number of carboxylic acid groups (broad SMARTS) is 2. The smallest absolute Gasteiger partial charge is 0.309 e. The Labute approximate surface area is 143 Å². The number of allylic oxidation sites excluding steroid dienone is 1. The lowest BCUT2D eigenvalue weighted by atomic mass is 9.53. The molecule has 0 saturated heterocycles. The number of fused-ring (bicyclic) bond motifs is 3. The van der Waals surface area contributed by atoms with E-state index in [1.807, 2.05) is 6.92 Å². The minimum absolute atomic E-state index is 0.177. The summed E-state index contributed by atoms with van der Waals surface area (Å²) in [4.78, 5) is 24.6. The van der Waals surface area contributed by atoms with Crippen molar-refractivity contribution in [1.29, 1.82) is 0 Å². The summed E-state index contributed by atoms with van der Waals surface area (Å²) in [7, 11) is 0. The fraction of sp³-hybridized carbons (Fsp3) is 0.800. The van der Waals surface area contributed by atoms with Crippen LogP contribution < -0.4 is 0 Å². The van der Waals surface area contributed by atoms with Crippen molar-refractivity contribution < 1.29 is 19.8 Å². The summed E-state index contributed by atoms with van der Waals surface area (Å²) in [6.07, 6.45) is 6.29. The van der Waals surface area contributed by atoms with Crippen LogP contribution in [-0.2, 0) is 9.59 Å². The third-order valence-electron chi connectivity index (χ3n) is 8.57. The Balaban J connectivity index is 1.93. The van der Waals surface area contributed by atoms with E-state index in [9.17, 15) is 19.8 Å². The molecule has 7 atom stereocenters. The monoisotopic (exact) mass is 332 g/mol. The predicted molar refractivity (Wildman–Crippen MR) is 89.3 cm³/mol. The third kappa shape index (κ3) is 1.65. The predicted octanol–water partition coefficient (Wildman–Crippen LogP) is 3.96. The molecule has 2 unspecified atom stereocenters. The molecule has 2 bridgehead atoms. The molecular weight excluding hydrogens is 304 g/mol. The highest BCUT2D eigenvalue weighted by molar-refractivity contribution is 5.79. The van der Waals surface area contributed by atoms with Gasteiger partial charge in [0.15, 0.2) is 0 Å². The number of aliphatic carboxylic acids is 2. The first-order valence-electron chi connectivity index (χ1n) is 9.31. The van der Waals surface area contributed by atoms with Gasteiger partial charge in [-0.1, -0.05) is 25.5 Å². The van der Waals surface area contributed by atoms with E-state index in [0.717, 1.165) is 38.5 Å². The Morgan fingerprint density at radius 3 is 2.50 bits per heavy atom. The van der Waals surface area contributed by atoms with Crippen LogP contribution in [0.3, 0.4) is 0 Å². The Kier molecular flexibility index (Phi) is 3.13. The molecule has 132 valence electrons. The maximum Gasteiger partial charge on any atom is 0.309 e. The first-order chi connectivity index (χ1) is 11.2. The van der Waals surface area contributed by atoms with E-state index in [-0.39, 0.29) is 16.7 Å². The Morgan fingerprint density at radius 1 is 1.17 bits per heavy atom. The van der Waals surface area contributed by atoms with Crippen LogP contribution in [0.15, 0.2) is 12.2 Å². The first kappa shape index (κ1) is 16.2. The van der Waals surface area contributed by atoms with Gasteiger partial charge in [-0.3, -0.25) is 9.59 Å². The molecule has 4 rings (SSSR count). The van der Waals surface area contributed by atoms with Crippen molar-refractivity contribution in [3.63, 3.8) is 0 Å². The molecule has 4 aliphatic rings. The second-order valence-electron chi connectivity index (χ2n) is 9.47. The Hall–Kier alpha value is -1.32. The lowest BCUT2D eigenvalue weighted by molar-refractivity contribution is -0.166. The number of hydrogen-bond acceptors (Lipinski definition) is 2. The molecule has 4 saturated carbocycles. The van der Waals surface area contributed by atoms with Crippen LogP contribution in [0.25, 0.3) is 0 Å². The van der Waals surface area contributed by atoms with Gasteiger partial charge >= 0.3 is 11.9 Å². The van der Waals surface area contributed by atoms with Crippen molar-refractivity contribution >= 4 is 11.9 Å². The Morgan fingerprint density at radius 2 is 1.88 bits per heavy atom. The molecule has 4 heteroatoms. The lowest BCUT2D eigenvalue weighted by Gasteiger charge is -2.50. The molecule has 2 N–H and O–H groups in total. The van der Waals surface area contributed by atoms with Gasteiger partial charge in [0.2, 0.25) is 0 Å². The number of hydrogen-bond donors (Lipinski definition) is 2. The third-order valence-corrected chi connectivity index (χ3v) is 8.57. The lowest BCUT2D eigenvalue weighted by Crippen LogP contribution is -2.50. The average Bonchev–Trinajstić information content (AvgIpc) is 2.87. The molecule has 0 aliphatic heterocycles. The van der Waals surface area contributed by atoms with Crippen LogP contribution in [0.5, 0.6) is 0 Å². The van der Waals surface area contributed by atoms with Gasteiger partial charge in [0.05, 0.1) is 11.3 Å². The maximum absolute atomic E-state index is 12.4. The van der Waals surface area contributed by atoms with Gasteiger partial charge in [0.25, 0.3) is 0 Å². The largest absolute Gasteiger partial charge is 0.481 e. The molecule has 0 heterocycles. The van der Waals surface area contributed by atoms with Crippen molar-refractivity contribution in [3.8, 4) is 0 Å². The summed E-state index contributed by atoms with van der Waals surface area (Å²) in [6, 6.07) is 0. The van der Waals surface area contributed by atoms with Gasteiger partial charge in [0.1, 0.15) is 0 Å². The SMILES string of the molecule is C=C1CC23CC1CC[C@H]2[C@]1(C)CCC[C@@](C)(C(=O)O)[C@H]1[C@@H]3C(=O)O. The zero-order valence-electron chi connectivity index (χ0n) is 14.7. The zero-order chi connectivity index (χ0) is 17.5. The molecule has 4 fully saturated rings. The van der Waals surface area contributed by atoms with Gasteiger partial charge in [-0.25, -0.2) is 0 Å². The van der Waals surface area contributed by atoms with Crippen molar-refractivity contribution in [2.75, 3.05) is 0 Å². The molecule has 0 amide bonds. The van der Waals surface area contributed by atoms with Crippen LogP contribution in [0.2, 0.25) is 0 Å². The van der Waals surface area contributed by atoms with Crippen molar-refractivity contribution in [2.24, 2.45) is 39.9 Å². The minimum Gasteiger partial charge on any atom is -0.481 e. The summed E-state index contributed by atoms with van der Waals surface area (Å²) < 4.78 is 0. The van der Waals surface area contributed by atoms with E-state index in [2.05, 4.69) is 13.5 Å². The molecular formula is C20H28O4. The molecule has 0 aromatic rings. The average molecular weight is 332 g/mol. The van der Waals surface area contributed by atoms with Crippen LogP contribution in [-0.4, -0.2) is 22.2 Å². The van der Waals surface area contributed by atoms with Crippen LogP contribution in [0.1, 0.15) is 58.8 Å². The molecule has 0 aromatic heterocycles. The molecule has 4 nitrogen and oxygen atoms in total.